The molecule has 2 rings (SSSR count). The van der Waals surface area contributed by atoms with E-state index in [1.165, 1.54) is 24.9 Å². The van der Waals surface area contributed by atoms with Crippen LogP contribution in [0.3, 0.4) is 0 Å². The Hall–Kier alpha value is -0.900. The molecule has 0 bridgehead atoms. The van der Waals surface area contributed by atoms with Gasteiger partial charge in [-0.15, -0.1) is 0 Å². The average Bonchev–Trinajstić information content (AvgIpc) is 2.46. The maximum Gasteiger partial charge on any atom is 0.0558 e. The second-order valence-electron chi connectivity index (χ2n) is 5.37. The molecule has 1 unspecified atom stereocenters. The van der Waals surface area contributed by atoms with E-state index < -0.39 is 0 Å². The van der Waals surface area contributed by atoms with Gasteiger partial charge in [-0.25, -0.2) is 0 Å². The van der Waals surface area contributed by atoms with Gasteiger partial charge in [-0.2, -0.15) is 0 Å². The summed E-state index contributed by atoms with van der Waals surface area (Å²) >= 11 is 0. The van der Waals surface area contributed by atoms with Gasteiger partial charge in [-0.05, 0) is 31.5 Å². The van der Waals surface area contributed by atoms with Gasteiger partial charge in [-0.3, -0.25) is 9.80 Å². The zero-order valence-corrected chi connectivity index (χ0v) is 12.0. The molecule has 1 N–H and O–H groups in total. The lowest BCUT2D eigenvalue weighted by atomic mass is 10.0. The van der Waals surface area contributed by atoms with Crippen molar-refractivity contribution in [1.29, 1.82) is 0 Å². The maximum atomic E-state index is 9.14. The van der Waals surface area contributed by atoms with E-state index in [4.69, 9.17) is 5.11 Å². The second kappa shape index (κ2) is 7.63. The zero-order chi connectivity index (χ0) is 13.5. The molecule has 1 fully saturated rings. The van der Waals surface area contributed by atoms with E-state index in [-0.39, 0.29) is 6.61 Å². The molecule has 0 spiro atoms. The van der Waals surface area contributed by atoms with Crippen LogP contribution in [0.5, 0.6) is 0 Å². The Bertz CT molecular complexity index is 355. The highest BCUT2D eigenvalue weighted by atomic mass is 16.3. The summed E-state index contributed by atoms with van der Waals surface area (Å²) in [5.74, 6) is 0. The quantitative estimate of drug-likeness (QED) is 0.849. The smallest absolute Gasteiger partial charge is 0.0558 e. The fourth-order valence-corrected chi connectivity index (χ4v) is 3.04. The number of benzene rings is 1. The number of likely N-dealkylation sites (N-methyl/N-ethyl adjacent to an activating group) is 1. The molecule has 1 aliphatic rings. The number of likely N-dealkylation sites (tertiary alicyclic amines) is 1. The third-order valence-electron chi connectivity index (χ3n) is 4.04. The Morgan fingerprint density at radius 1 is 1.32 bits per heavy atom. The highest BCUT2D eigenvalue weighted by Gasteiger charge is 2.23. The molecule has 0 radical (unpaired) electrons. The molecule has 1 aliphatic heterocycles. The molecular formula is C16H26N2O. The van der Waals surface area contributed by atoms with Crippen LogP contribution in [0.1, 0.15) is 25.3 Å². The highest BCUT2D eigenvalue weighted by Crippen LogP contribution is 2.17. The summed E-state index contributed by atoms with van der Waals surface area (Å²) in [5, 5.41) is 9.14. The first-order valence-electron chi connectivity index (χ1n) is 7.44. The Morgan fingerprint density at radius 3 is 2.79 bits per heavy atom. The van der Waals surface area contributed by atoms with Crippen molar-refractivity contribution >= 4 is 0 Å². The van der Waals surface area contributed by atoms with Crippen LogP contribution < -0.4 is 0 Å². The number of aliphatic hydroxyl groups excluding tert-OH is 1. The largest absolute Gasteiger partial charge is 0.395 e. The summed E-state index contributed by atoms with van der Waals surface area (Å²) in [7, 11) is 0. The lowest BCUT2D eigenvalue weighted by molar-refractivity contribution is 0.0823. The van der Waals surface area contributed by atoms with Crippen LogP contribution in [-0.2, 0) is 6.54 Å². The predicted molar refractivity (Wildman–Crippen MR) is 79.1 cm³/mol. The molecule has 3 heteroatoms. The van der Waals surface area contributed by atoms with E-state index >= 15 is 0 Å². The molecule has 19 heavy (non-hydrogen) atoms. The Kier molecular flexibility index (Phi) is 5.83. The lowest BCUT2D eigenvalue weighted by Gasteiger charge is -2.38. The van der Waals surface area contributed by atoms with Crippen LogP contribution >= 0.6 is 0 Å². The van der Waals surface area contributed by atoms with Gasteiger partial charge in [0.1, 0.15) is 0 Å². The Labute approximate surface area is 116 Å². The van der Waals surface area contributed by atoms with Crippen LogP contribution in [0.4, 0.5) is 0 Å². The predicted octanol–water partition coefficient (Wildman–Crippen LogP) is 1.97. The summed E-state index contributed by atoms with van der Waals surface area (Å²) in [4.78, 5) is 4.96. The first-order chi connectivity index (χ1) is 9.33. The average molecular weight is 262 g/mol. The molecule has 1 aromatic rings. The van der Waals surface area contributed by atoms with Gasteiger partial charge < -0.3 is 5.11 Å². The molecule has 0 aromatic heterocycles. The minimum Gasteiger partial charge on any atom is -0.395 e. The SMILES string of the molecule is CCN(CCO)C1CCCN(Cc2ccccc2)C1. The van der Waals surface area contributed by atoms with Gasteiger partial charge in [0, 0.05) is 25.7 Å². The lowest BCUT2D eigenvalue weighted by Crippen LogP contribution is -2.48. The first-order valence-corrected chi connectivity index (χ1v) is 7.44. The van der Waals surface area contributed by atoms with E-state index in [2.05, 4.69) is 47.1 Å². The fourth-order valence-electron chi connectivity index (χ4n) is 3.04. The van der Waals surface area contributed by atoms with Crippen LogP contribution in [0.15, 0.2) is 30.3 Å². The van der Waals surface area contributed by atoms with E-state index in [0.717, 1.165) is 26.2 Å². The second-order valence-corrected chi connectivity index (χ2v) is 5.37. The maximum absolute atomic E-state index is 9.14. The molecule has 0 amide bonds. The summed E-state index contributed by atoms with van der Waals surface area (Å²) < 4.78 is 0. The minimum atomic E-state index is 0.267. The molecule has 0 saturated carbocycles. The van der Waals surface area contributed by atoms with Gasteiger partial charge in [-0.1, -0.05) is 37.3 Å². The summed E-state index contributed by atoms with van der Waals surface area (Å²) in [6.45, 7) is 7.67. The summed E-state index contributed by atoms with van der Waals surface area (Å²) in [6, 6.07) is 11.3. The fraction of sp³-hybridized carbons (Fsp3) is 0.625. The van der Waals surface area contributed by atoms with Crippen LogP contribution in [0.2, 0.25) is 0 Å². The number of aliphatic hydroxyl groups is 1. The molecule has 1 atom stereocenters. The van der Waals surface area contributed by atoms with Crippen LogP contribution in [-0.4, -0.2) is 53.7 Å². The molecule has 3 nitrogen and oxygen atoms in total. The minimum absolute atomic E-state index is 0.267. The monoisotopic (exact) mass is 262 g/mol. The first kappa shape index (κ1) is 14.5. The molecule has 106 valence electrons. The van der Waals surface area contributed by atoms with Gasteiger partial charge in [0.15, 0.2) is 0 Å². The van der Waals surface area contributed by atoms with Crippen molar-refractivity contribution in [1.82, 2.24) is 9.80 Å². The van der Waals surface area contributed by atoms with Crippen molar-refractivity contribution < 1.29 is 5.11 Å². The van der Waals surface area contributed by atoms with Crippen molar-refractivity contribution in [3.63, 3.8) is 0 Å². The molecule has 1 aromatic carbocycles. The number of hydrogen-bond donors (Lipinski definition) is 1. The molecule has 0 aliphatic carbocycles. The summed E-state index contributed by atoms with van der Waals surface area (Å²) in [6.07, 6.45) is 2.53. The van der Waals surface area contributed by atoms with Crippen molar-refractivity contribution in [3.8, 4) is 0 Å². The zero-order valence-electron chi connectivity index (χ0n) is 12.0. The Balaban J connectivity index is 1.89. The van der Waals surface area contributed by atoms with Gasteiger partial charge >= 0.3 is 0 Å². The summed E-state index contributed by atoms with van der Waals surface area (Å²) in [5.41, 5.74) is 1.40. The number of nitrogens with zero attached hydrogens (tertiary/aromatic N) is 2. The van der Waals surface area contributed by atoms with E-state index in [0.29, 0.717) is 6.04 Å². The third kappa shape index (κ3) is 4.30. The Morgan fingerprint density at radius 2 is 2.11 bits per heavy atom. The van der Waals surface area contributed by atoms with Gasteiger partial charge in [0.2, 0.25) is 0 Å². The standard InChI is InChI=1S/C16H26N2O/c1-2-18(11-12-19)16-9-6-10-17(14-16)13-15-7-4-3-5-8-15/h3-5,7-8,16,19H,2,6,9-14H2,1H3. The topological polar surface area (TPSA) is 26.7 Å². The van der Waals surface area contributed by atoms with Gasteiger partial charge in [0.25, 0.3) is 0 Å². The van der Waals surface area contributed by atoms with Crippen molar-refractivity contribution in [3.05, 3.63) is 35.9 Å². The molecular weight excluding hydrogens is 236 g/mol. The van der Waals surface area contributed by atoms with E-state index in [1.54, 1.807) is 0 Å². The van der Waals surface area contributed by atoms with E-state index in [1.807, 2.05) is 0 Å². The van der Waals surface area contributed by atoms with Crippen molar-refractivity contribution in [2.75, 3.05) is 32.8 Å². The van der Waals surface area contributed by atoms with Crippen LogP contribution in [0, 0.1) is 0 Å². The normalized spacial score (nSPS) is 20.9. The van der Waals surface area contributed by atoms with Gasteiger partial charge in [0.05, 0.1) is 6.61 Å². The van der Waals surface area contributed by atoms with Crippen molar-refractivity contribution in [2.45, 2.75) is 32.4 Å². The molecule has 1 heterocycles. The third-order valence-corrected chi connectivity index (χ3v) is 4.04. The van der Waals surface area contributed by atoms with Crippen molar-refractivity contribution in [2.24, 2.45) is 0 Å². The number of hydrogen-bond acceptors (Lipinski definition) is 3. The van der Waals surface area contributed by atoms with Crippen LogP contribution in [0.25, 0.3) is 0 Å². The molecule has 1 saturated heterocycles. The number of piperidine rings is 1. The number of rotatable bonds is 6. The van der Waals surface area contributed by atoms with E-state index in [9.17, 15) is 0 Å². The highest BCUT2D eigenvalue weighted by molar-refractivity contribution is 5.14.